The zero-order valence-corrected chi connectivity index (χ0v) is 18.1. The van der Waals surface area contributed by atoms with Crippen LogP contribution in [0.1, 0.15) is 12.5 Å². The Kier molecular flexibility index (Phi) is 6.32. The van der Waals surface area contributed by atoms with Gasteiger partial charge in [-0.05, 0) is 48.5 Å². The average Bonchev–Trinajstić information content (AvgIpc) is 3.11. The first-order valence-corrected chi connectivity index (χ1v) is 11.0. The fourth-order valence-corrected chi connectivity index (χ4v) is 4.69. The summed E-state index contributed by atoms with van der Waals surface area (Å²) in [6.45, 7) is 5.70. The highest BCUT2D eigenvalue weighted by atomic mass is 35.5. The lowest BCUT2D eigenvalue weighted by Gasteiger charge is -2.32. The normalized spacial score (nSPS) is 18.7. The number of amides is 1. The number of nitrogens with zero attached hydrogens (tertiary/aromatic N) is 2. The highest BCUT2D eigenvalue weighted by Crippen LogP contribution is 2.32. The number of thioether (sulfide) groups is 1. The van der Waals surface area contributed by atoms with Crippen molar-refractivity contribution in [2.24, 2.45) is 4.99 Å². The van der Waals surface area contributed by atoms with E-state index in [1.165, 1.54) is 28.4 Å². The fourth-order valence-electron chi connectivity index (χ4n) is 3.53. The standard InChI is InChI=1S/C22H22ClN3O3S/c1-2-29-19-12-15(6-7-18(19)27)13-20-21(28)24-22(30-20)26-10-8-25(9-11-26)17-5-3-4-16(23)14-17/h3-7,12-14,27H,2,8-11H2,1H3/b20-13-. The van der Waals surface area contributed by atoms with Gasteiger partial charge in [-0.15, -0.1) is 0 Å². The molecule has 1 fully saturated rings. The largest absolute Gasteiger partial charge is 0.870 e. The summed E-state index contributed by atoms with van der Waals surface area (Å²) in [5.74, 6) is -0.117. The van der Waals surface area contributed by atoms with Gasteiger partial charge in [-0.1, -0.05) is 35.5 Å². The van der Waals surface area contributed by atoms with Crippen molar-refractivity contribution in [3.8, 4) is 11.5 Å². The van der Waals surface area contributed by atoms with E-state index in [0.29, 0.717) is 17.3 Å². The van der Waals surface area contributed by atoms with Crippen molar-refractivity contribution in [3.05, 3.63) is 58.0 Å². The fraction of sp³-hybridized carbons (Fsp3) is 0.273. The van der Waals surface area contributed by atoms with Crippen molar-refractivity contribution < 1.29 is 19.5 Å². The van der Waals surface area contributed by atoms with Crippen LogP contribution >= 0.6 is 23.4 Å². The second-order valence-corrected chi connectivity index (χ2v) is 8.50. The first-order chi connectivity index (χ1) is 14.5. The lowest BCUT2D eigenvalue weighted by Crippen LogP contribution is -3.10. The Labute approximate surface area is 184 Å². The first kappa shape index (κ1) is 20.8. The number of nitrogens with one attached hydrogen (secondary N) is 1. The van der Waals surface area contributed by atoms with E-state index < -0.39 is 0 Å². The maximum atomic E-state index is 12.4. The predicted molar refractivity (Wildman–Crippen MR) is 118 cm³/mol. The van der Waals surface area contributed by atoms with E-state index in [9.17, 15) is 9.90 Å². The molecule has 2 aliphatic rings. The number of hydrogen-bond acceptors (Lipinski definition) is 5. The van der Waals surface area contributed by atoms with Crippen molar-refractivity contribution in [2.45, 2.75) is 6.92 Å². The zero-order chi connectivity index (χ0) is 21.1. The summed E-state index contributed by atoms with van der Waals surface area (Å²) in [5, 5.41) is 13.3. The molecule has 0 aromatic heterocycles. The minimum Gasteiger partial charge on any atom is -0.870 e. The van der Waals surface area contributed by atoms with Gasteiger partial charge in [0.15, 0.2) is 5.17 Å². The number of benzene rings is 2. The van der Waals surface area contributed by atoms with Crippen LogP contribution in [0.2, 0.25) is 5.02 Å². The quantitative estimate of drug-likeness (QED) is 0.734. The topological polar surface area (TPSA) is 69.4 Å². The summed E-state index contributed by atoms with van der Waals surface area (Å²) in [7, 11) is 0. The second kappa shape index (κ2) is 9.12. The minimum atomic E-state index is -0.247. The summed E-state index contributed by atoms with van der Waals surface area (Å²) in [4.78, 5) is 20.8. The van der Waals surface area contributed by atoms with Crippen LogP contribution in [-0.2, 0) is 4.79 Å². The number of carbonyl (C=O) groups excluding carboxylic acids is 1. The first-order valence-electron chi connectivity index (χ1n) is 9.85. The molecule has 30 heavy (non-hydrogen) atoms. The maximum Gasteiger partial charge on any atom is 0.286 e. The molecule has 1 amide bonds. The van der Waals surface area contributed by atoms with E-state index in [4.69, 9.17) is 16.3 Å². The number of halogens is 1. The Morgan fingerprint density at radius 3 is 2.80 bits per heavy atom. The Morgan fingerprint density at radius 1 is 1.27 bits per heavy atom. The van der Waals surface area contributed by atoms with Gasteiger partial charge in [0.05, 0.1) is 37.7 Å². The molecule has 0 spiro atoms. The number of rotatable bonds is 4. The highest BCUT2D eigenvalue weighted by Gasteiger charge is 2.30. The van der Waals surface area contributed by atoms with Crippen molar-refractivity contribution in [2.75, 3.05) is 32.8 Å². The van der Waals surface area contributed by atoms with Crippen LogP contribution in [0.15, 0.2) is 52.4 Å². The SMILES string of the molecule is CCOc1cc(/C=C2\SC(N3CC[NH+](c4cccc(Cl)c4)CC3)=NC2=O)ccc1[O-]. The van der Waals surface area contributed by atoms with E-state index >= 15 is 0 Å². The molecule has 2 aliphatic heterocycles. The lowest BCUT2D eigenvalue weighted by atomic mass is 10.2. The number of piperazine rings is 1. The van der Waals surface area contributed by atoms with Gasteiger partial charge in [0.1, 0.15) is 11.4 Å². The molecule has 6 nitrogen and oxygen atoms in total. The van der Waals surface area contributed by atoms with E-state index in [0.717, 1.165) is 41.9 Å². The van der Waals surface area contributed by atoms with Gasteiger partial charge < -0.3 is 14.7 Å². The van der Waals surface area contributed by atoms with Crippen LogP contribution in [-0.4, -0.2) is 48.8 Å². The molecule has 0 atom stereocenters. The monoisotopic (exact) mass is 443 g/mol. The molecule has 2 heterocycles. The van der Waals surface area contributed by atoms with Crippen LogP contribution in [0, 0.1) is 0 Å². The minimum absolute atomic E-state index is 0.165. The number of amidine groups is 1. The number of carbonyl (C=O) groups is 1. The Balaban J connectivity index is 1.41. The molecule has 0 radical (unpaired) electrons. The van der Waals surface area contributed by atoms with E-state index in [1.807, 2.05) is 25.1 Å². The molecule has 2 aromatic carbocycles. The molecule has 0 aliphatic carbocycles. The molecule has 2 aromatic rings. The molecular weight excluding hydrogens is 422 g/mol. The smallest absolute Gasteiger partial charge is 0.286 e. The summed E-state index contributed by atoms with van der Waals surface area (Å²) < 4.78 is 5.36. The van der Waals surface area contributed by atoms with Crippen molar-refractivity contribution >= 4 is 46.2 Å². The van der Waals surface area contributed by atoms with E-state index in [-0.39, 0.29) is 11.7 Å². The molecular formula is C22H22ClN3O3S. The molecule has 0 saturated carbocycles. The molecule has 0 unspecified atom stereocenters. The van der Waals surface area contributed by atoms with Gasteiger partial charge in [0.25, 0.3) is 5.91 Å². The van der Waals surface area contributed by atoms with Gasteiger partial charge in [0, 0.05) is 11.1 Å². The van der Waals surface area contributed by atoms with Crippen molar-refractivity contribution in [3.63, 3.8) is 0 Å². The third-order valence-corrected chi connectivity index (χ3v) is 6.32. The van der Waals surface area contributed by atoms with Gasteiger partial charge in [-0.3, -0.25) is 9.69 Å². The predicted octanol–water partition coefficient (Wildman–Crippen LogP) is 2.31. The van der Waals surface area contributed by atoms with Crippen LogP contribution < -0.4 is 14.7 Å². The Bertz CT molecular complexity index is 1020. The van der Waals surface area contributed by atoms with Crippen LogP contribution in [0.4, 0.5) is 5.69 Å². The number of ether oxygens (including phenoxy) is 1. The van der Waals surface area contributed by atoms with Crippen LogP contribution in [0.25, 0.3) is 6.08 Å². The Morgan fingerprint density at radius 2 is 2.07 bits per heavy atom. The summed E-state index contributed by atoms with van der Waals surface area (Å²) in [6.07, 6.45) is 1.76. The number of hydrogen-bond donors (Lipinski definition) is 1. The molecule has 8 heteroatoms. The summed E-state index contributed by atoms with van der Waals surface area (Å²) in [6, 6.07) is 12.8. The summed E-state index contributed by atoms with van der Waals surface area (Å²) in [5.41, 5.74) is 1.94. The third-order valence-electron chi connectivity index (χ3n) is 5.04. The maximum absolute atomic E-state index is 12.4. The van der Waals surface area contributed by atoms with Crippen molar-refractivity contribution in [1.82, 2.24) is 4.90 Å². The van der Waals surface area contributed by atoms with Gasteiger partial charge >= 0.3 is 0 Å². The van der Waals surface area contributed by atoms with E-state index in [1.54, 1.807) is 18.2 Å². The van der Waals surface area contributed by atoms with Crippen molar-refractivity contribution in [1.29, 1.82) is 0 Å². The Hall–Kier alpha value is -2.48. The summed E-state index contributed by atoms with van der Waals surface area (Å²) >= 11 is 7.50. The zero-order valence-electron chi connectivity index (χ0n) is 16.6. The number of aliphatic imine (C=N–C) groups is 1. The van der Waals surface area contributed by atoms with Gasteiger partial charge in [0.2, 0.25) is 0 Å². The van der Waals surface area contributed by atoms with Crippen LogP contribution in [0.5, 0.6) is 11.5 Å². The van der Waals surface area contributed by atoms with Crippen LogP contribution in [0.3, 0.4) is 0 Å². The highest BCUT2D eigenvalue weighted by molar-refractivity contribution is 8.18. The van der Waals surface area contributed by atoms with Gasteiger partial charge in [-0.25, -0.2) is 0 Å². The lowest BCUT2D eigenvalue weighted by molar-refractivity contribution is -0.837. The second-order valence-electron chi connectivity index (χ2n) is 7.05. The molecule has 4 rings (SSSR count). The molecule has 1 N–H and O–H groups in total. The van der Waals surface area contributed by atoms with Gasteiger partial charge in [-0.2, -0.15) is 4.99 Å². The molecule has 1 saturated heterocycles. The van der Waals surface area contributed by atoms with E-state index in [2.05, 4.69) is 16.0 Å². The average molecular weight is 444 g/mol. The molecule has 0 bridgehead atoms. The molecule has 156 valence electrons. The third kappa shape index (κ3) is 4.64. The number of quaternary nitrogens is 1.